The van der Waals surface area contributed by atoms with Crippen molar-refractivity contribution in [3.63, 3.8) is 0 Å². The highest BCUT2D eigenvalue weighted by Crippen LogP contribution is 1.97. The highest BCUT2D eigenvalue weighted by Gasteiger charge is 1.88. The number of nitriles is 1. The molecule has 0 amide bonds. The molecule has 3 nitrogen and oxygen atoms in total. The number of nitrogens with zero attached hydrogens (tertiary/aromatic N) is 1. The van der Waals surface area contributed by atoms with Crippen LogP contribution < -0.4 is 0 Å². The summed E-state index contributed by atoms with van der Waals surface area (Å²) < 4.78 is 5.10. The van der Waals surface area contributed by atoms with Crippen molar-refractivity contribution in [1.29, 1.82) is 5.26 Å². The van der Waals surface area contributed by atoms with E-state index in [1.54, 1.807) is 11.8 Å². The van der Waals surface area contributed by atoms with E-state index in [1.807, 2.05) is 6.07 Å². The van der Waals surface area contributed by atoms with Gasteiger partial charge in [0.25, 0.3) is 0 Å². The molecule has 0 aliphatic carbocycles. The van der Waals surface area contributed by atoms with Gasteiger partial charge in [0.1, 0.15) is 0 Å². The molecule has 0 atom stereocenters. The van der Waals surface area contributed by atoms with E-state index in [1.165, 1.54) is 0 Å². The van der Waals surface area contributed by atoms with E-state index in [9.17, 15) is 0 Å². The molecular weight excluding hydrogens is 162 g/mol. The van der Waals surface area contributed by atoms with E-state index in [0.717, 1.165) is 11.5 Å². The number of aliphatic hydroxyl groups excluding tert-OH is 1. The molecule has 0 aromatic carbocycles. The normalized spacial score (nSPS) is 9.45. The molecule has 0 saturated carbocycles. The molecule has 64 valence electrons. The third-order valence-corrected chi connectivity index (χ3v) is 1.89. The molecule has 0 aliphatic rings. The van der Waals surface area contributed by atoms with Gasteiger partial charge in [-0.05, 0) is 0 Å². The summed E-state index contributed by atoms with van der Waals surface area (Å²) in [5.74, 6) is 1.66. The molecule has 4 heteroatoms. The molecule has 0 aromatic heterocycles. The van der Waals surface area contributed by atoms with Crippen LogP contribution in [0.15, 0.2) is 0 Å². The predicted octanol–water partition coefficient (Wildman–Crippen LogP) is 0.642. The Kier molecular flexibility index (Phi) is 9.55. The lowest BCUT2D eigenvalue weighted by molar-refractivity contribution is 0.156. The van der Waals surface area contributed by atoms with E-state index < -0.39 is 0 Å². The van der Waals surface area contributed by atoms with Gasteiger partial charge in [-0.2, -0.15) is 17.0 Å². The van der Waals surface area contributed by atoms with Crippen LogP contribution in [0.5, 0.6) is 0 Å². The van der Waals surface area contributed by atoms with Gasteiger partial charge in [-0.1, -0.05) is 0 Å². The summed E-state index contributed by atoms with van der Waals surface area (Å²) in [4.78, 5) is 0. The number of hydrogen-bond donors (Lipinski definition) is 1. The van der Waals surface area contributed by atoms with Crippen LogP contribution in [-0.2, 0) is 4.74 Å². The number of thioether (sulfide) groups is 1. The van der Waals surface area contributed by atoms with E-state index in [2.05, 4.69) is 0 Å². The maximum absolute atomic E-state index is 8.40. The Hall–Kier alpha value is -0.240. The van der Waals surface area contributed by atoms with Crippen molar-refractivity contribution in [2.75, 3.05) is 31.3 Å². The summed E-state index contributed by atoms with van der Waals surface area (Å²) >= 11 is 1.65. The highest BCUT2D eigenvalue weighted by molar-refractivity contribution is 7.99. The van der Waals surface area contributed by atoms with Gasteiger partial charge in [0, 0.05) is 11.5 Å². The zero-order chi connectivity index (χ0) is 8.36. The summed E-state index contributed by atoms with van der Waals surface area (Å²) in [6.07, 6.45) is 0.463. The molecule has 0 radical (unpaired) electrons. The summed E-state index contributed by atoms with van der Waals surface area (Å²) in [7, 11) is 0. The SMILES string of the molecule is N#CCCOCCSCCO. The highest BCUT2D eigenvalue weighted by atomic mass is 32.2. The van der Waals surface area contributed by atoms with E-state index in [-0.39, 0.29) is 6.61 Å². The minimum atomic E-state index is 0.225. The molecule has 0 fully saturated rings. The molecule has 0 rings (SSSR count). The number of aliphatic hydroxyl groups is 1. The van der Waals surface area contributed by atoms with Crippen LogP contribution in [-0.4, -0.2) is 36.4 Å². The minimum Gasteiger partial charge on any atom is -0.396 e. The Morgan fingerprint density at radius 2 is 2.18 bits per heavy atom. The van der Waals surface area contributed by atoms with Crippen molar-refractivity contribution in [3.8, 4) is 6.07 Å². The van der Waals surface area contributed by atoms with Crippen LogP contribution in [0, 0.1) is 11.3 Å². The second-order valence-corrected chi connectivity index (χ2v) is 3.08. The molecule has 0 unspecified atom stereocenters. The van der Waals surface area contributed by atoms with Crippen molar-refractivity contribution in [1.82, 2.24) is 0 Å². The Bertz CT molecular complexity index is 113. The summed E-state index contributed by atoms with van der Waals surface area (Å²) in [5.41, 5.74) is 0. The van der Waals surface area contributed by atoms with Gasteiger partial charge < -0.3 is 9.84 Å². The Morgan fingerprint density at radius 1 is 1.36 bits per heavy atom. The second-order valence-electron chi connectivity index (χ2n) is 1.86. The summed E-state index contributed by atoms with van der Waals surface area (Å²) in [6, 6.07) is 2.00. The van der Waals surface area contributed by atoms with Crippen LogP contribution in [0.4, 0.5) is 0 Å². The van der Waals surface area contributed by atoms with Gasteiger partial charge in [0.15, 0.2) is 0 Å². The molecule has 1 N–H and O–H groups in total. The Labute approximate surface area is 71.4 Å². The first-order valence-electron chi connectivity index (χ1n) is 3.55. The third kappa shape index (κ3) is 9.76. The van der Waals surface area contributed by atoms with Crippen LogP contribution in [0.3, 0.4) is 0 Å². The fraction of sp³-hybridized carbons (Fsp3) is 0.857. The van der Waals surface area contributed by atoms with Crippen molar-refractivity contribution in [2.45, 2.75) is 6.42 Å². The molecule has 0 aliphatic heterocycles. The standard InChI is InChI=1S/C7H13NO2S/c8-2-1-4-10-5-7-11-6-3-9/h9H,1,3-7H2. The van der Waals surface area contributed by atoms with Gasteiger partial charge in [-0.25, -0.2) is 0 Å². The van der Waals surface area contributed by atoms with Crippen LogP contribution in [0.1, 0.15) is 6.42 Å². The summed E-state index contributed by atoms with van der Waals surface area (Å²) in [5, 5.41) is 16.5. The van der Waals surface area contributed by atoms with Crippen molar-refractivity contribution in [3.05, 3.63) is 0 Å². The molecule has 0 aromatic rings. The van der Waals surface area contributed by atoms with Crippen LogP contribution in [0.25, 0.3) is 0 Å². The van der Waals surface area contributed by atoms with Crippen molar-refractivity contribution in [2.24, 2.45) is 0 Å². The molecule has 11 heavy (non-hydrogen) atoms. The van der Waals surface area contributed by atoms with Crippen LogP contribution in [0.2, 0.25) is 0 Å². The first kappa shape index (κ1) is 10.8. The lowest BCUT2D eigenvalue weighted by Crippen LogP contribution is -1.99. The zero-order valence-electron chi connectivity index (χ0n) is 6.45. The molecule has 0 spiro atoms. The Balaban J connectivity index is 2.75. The van der Waals surface area contributed by atoms with Crippen LogP contribution >= 0.6 is 11.8 Å². The van der Waals surface area contributed by atoms with E-state index in [0.29, 0.717) is 19.6 Å². The lowest BCUT2D eigenvalue weighted by atomic mass is 10.5. The molecule has 0 saturated heterocycles. The van der Waals surface area contributed by atoms with Crippen molar-refractivity contribution < 1.29 is 9.84 Å². The average molecular weight is 175 g/mol. The molecule has 0 heterocycles. The largest absolute Gasteiger partial charge is 0.396 e. The van der Waals surface area contributed by atoms with Gasteiger partial charge in [0.2, 0.25) is 0 Å². The first-order chi connectivity index (χ1) is 5.41. The monoisotopic (exact) mass is 175 g/mol. The quantitative estimate of drug-likeness (QED) is 0.577. The molecular formula is C7H13NO2S. The topological polar surface area (TPSA) is 53.2 Å². The average Bonchev–Trinajstić information content (AvgIpc) is 2.03. The van der Waals surface area contributed by atoms with Gasteiger partial charge in [-0.15, -0.1) is 0 Å². The second kappa shape index (κ2) is 9.76. The van der Waals surface area contributed by atoms with Gasteiger partial charge in [0.05, 0.1) is 32.3 Å². The van der Waals surface area contributed by atoms with Gasteiger partial charge >= 0.3 is 0 Å². The van der Waals surface area contributed by atoms with E-state index in [4.69, 9.17) is 15.1 Å². The maximum atomic E-state index is 8.40. The zero-order valence-corrected chi connectivity index (χ0v) is 7.27. The number of hydrogen-bond acceptors (Lipinski definition) is 4. The predicted molar refractivity (Wildman–Crippen MR) is 45.5 cm³/mol. The third-order valence-electron chi connectivity index (χ3n) is 0.966. The lowest BCUT2D eigenvalue weighted by Gasteiger charge is -1.99. The summed E-state index contributed by atoms with van der Waals surface area (Å²) in [6.45, 7) is 1.42. The fourth-order valence-corrected chi connectivity index (χ4v) is 1.07. The first-order valence-corrected chi connectivity index (χ1v) is 4.70. The van der Waals surface area contributed by atoms with Gasteiger partial charge in [-0.3, -0.25) is 0 Å². The number of ether oxygens (including phenoxy) is 1. The fourth-order valence-electron chi connectivity index (χ4n) is 0.504. The van der Waals surface area contributed by atoms with Crippen molar-refractivity contribution >= 4 is 11.8 Å². The van der Waals surface area contributed by atoms with E-state index >= 15 is 0 Å². The Morgan fingerprint density at radius 3 is 2.82 bits per heavy atom. The minimum absolute atomic E-state index is 0.225. The number of rotatable bonds is 7. The smallest absolute Gasteiger partial charge is 0.0645 e. The maximum Gasteiger partial charge on any atom is 0.0645 e. The molecule has 0 bridgehead atoms.